The van der Waals surface area contributed by atoms with E-state index in [-0.39, 0.29) is 5.46 Å². The van der Waals surface area contributed by atoms with Gasteiger partial charge in [-0.3, -0.25) is 4.79 Å². The minimum atomic E-state index is -4.65. The molecule has 0 saturated heterocycles. The van der Waals surface area contributed by atoms with Crippen LogP contribution in [0.25, 0.3) is 0 Å². The van der Waals surface area contributed by atoms with Crippen molar-refractivity contribution in [1.29, 1.82) is 0 Å². The molecule has 0 aromatic carbocycles. The molecule has 1 aromatic heterocycles. The molecule has 0 fully saturated rings. The van der Waals surface area contributed by atoms with Gasteiger partial charge in [-0.25, -0.2) is 0 Å². The molecule has 1 rings (SSSR count). The highest BCUT2D eigenvalue weighted by Gasteiger charge is 2.33. The molecular weight excluding hydrogens is 170 g/mol. The number of aromatic amines is 1. The molecule has 2 nitrogen and oxygen atoms in total. The number of hydrogen-bond acceptors (Lipinski definition) is 1. The molecule has 6 heteroatoms. The van der Waals surface area contributed by atoms with Crippen LogP contribution in [0.1, 0.15) is 5.56 Å². The van der Waals surface area contributed by atoms with Crippen molar-refractivity contribution in [2.24, 2.45) is 0 Å². The molecule has 0 spiro atoms. The van der Waals surface area contributed by atoms with Gasteiger partial charge >= 0.3 is 6.18 Å². The van der Waals surface area contributed by atoms with Crippen LogP contribution in [0.5, 0.6) is 0 Å². The smallest absolute Gasteiger partial charge is 0.329 e. The Morgan fingerprint density at radius 3 is 2.42 bits per heavy atom. The molecule has 0 saturated carbocycles. The molecule has 0 aliphatic carbocycles. The van der Waals surface area contributed by atoms with Crippen molar-refractivity contribution in [3.8, 4) is 0 Å². The second-order valence-corrected chi connectivity index (χ2v) is 2.17. The number of nitrogens with one attached hydrogen (secondary N) is 1. The van der Waals surface area contributed by atoms with Crippen LogP contribution in [0.15, 0.2) is 17.1 Å². The molecule has 0 unspecified atom stereocenters. The maximum Gasteiger partial charge on any atom is 0.421 e. The van der Waals surface area contributed by atoms with Gasteiger partial charge in [0.15, 0.2) is 0 Å². The van der Waals surface area contributed by atoms with Gasteiger partial charge in [0, 0.05) is 0 Å². The number of aromatic nitrogens is 1. The lowest BCUT2D eigenvalue weighted by Gasteiger charge is -2.04. The van der Waals surface area contributed by atoms with Crippen LogP contribution in [0.2, 0.25) is 0 Å². The summed E-state index contributed by atoms with van der Waals surface area (Å²) in [6.45, 7) is 0. The second kappa shape index (κ2) is 2.69. The van der Waals surface area contributed by atoms with Crippen molar-refractivity contribution in [3.63, 3.8) is 0 Å². The lowest BCUT2D eigenvalue weighted by molar-refractivity contribution is -0.138. The fraction of sp³-hybridized carbons (Fsp3) is 0.167. The van der Waals surface area contributed by atoms with Crippen LogP contribution in [-0.4, -0.2) is 12.8 Å². The highest BCUT2D eigenvalue weighted by molar-refractivity contribution is 6.32. The molecule has 0 bridgehead atoms. The molecule has 1 heterocycles. The van der Waals surface area contributed by atoms with E-state index in [0.717, 1.165) is 6.20 Å². The first-order valence-corrected chi connectivity index (χ1v) is 2.96. The summed E-state index contributed by atoms with van der Waals surface area (Å²) in [7, 11) is 5.05. The van der Waals surface area contributed by atoms with Crippen molar-refractivity contribution in [3.05, 3.63) is 28.2 Å². The van der Waals surface area contributed by atoms with Gasteiger partial charge in [0.2, 0.25) is 0 Å². The summed E-state index contributed by atoms with van der Waals surface area (Å²) in [5.41, 5.74) is -2.58. The van der Waals surface area contributed by atoms with Crippen LogP contribution in [0.3, 0.4) is 0 Å². The molecular formula is C6H3BF3NO. The Labute approximate surface area is 66.8 Å². The monoisotopic (exact) mass is 173 g/mol. The number of alkyl halides is 3. The molecule has 0 aliphatic rings. The SMILES string of the molecule is [B]c1c[nH]c(=O)c(C(F)(F)F)c1. The van der Waals surface area contributed by atoms with Crippen LogP contribution in [0, 0.1) is 0 Å². The average molecular weight is 173 g/mol. The van der Waals surface area contributed by atoms with E-state index >= 15 is 0 Å². The predicted molar refractivity (Wildman–Crippen MR) is 37.5 cm³/mol. The van der Waals surface area contributed by atoms with E-state index in [9.17, 15) is 18.0 Å². The molecule has 12 heavy (non-hydrogen) atoms. The lowest BCUT2D eigenvalue weighted by atomic mass is 9.97. The minimum absolute atomic E-state index is 0.123. The van der Waals surface area contributed by atoms with Crippen LogP contribution >= 0.6 is 0 Å². The molecule has 1 N–H and O–H groups in total. The summed E-state index contributed by atoms with van der Waals surface area (Å²) in [6, 6.07) is 0.596. The quantitative estimate of drug-likeness (QED) is 0.558. The van der Waals surface area contributed by atoms with E-state index in [0.29, 0.717) is 6.07 Å². The van der Waals surface area contributed by atoms with Crippen molar-refractivity contribution in [2.45, 2.75) is 6.18 Å². The average Bonchev–Trinajstić information content (AvgIpc) is 1.92. The number of pyridine rings is 1. The van der Waals surface area contributed by atoms with Crippen molar-refractivity contribution in [1.82, 2.24) is 4.98 Å². The topological polar surface area (TPSA) is 32.9 Å². The van der Waals surface area contributed by atoms with Gasteiger partial charge < -0.3 is 4.98 Å². The Morgan fingerprint density at radius 1 is 1.42 bits per heavy atom. The zero-order valence-electron chi connectivity index (χ0n) is 5.77. The fourth-order valence-corrected chi connectivity index (χ4v) is 0.711. The zero-order chi connectivity index (χ0) is 9.35. The molecule has 0 aliphatic heterocycles. The van der Waals surface area contributed by atoms with E-state index in [4.69, 9.17) is 7.85 Å². The highest BCUT2D eigenvalue weighted by atomic mass is 19.4. The Kier molecular flexibility index (Phi) is 2.00. The van der Waals surface area contributed by atoms with Gasteiger partial charge in [-0.15, -0.1) is 0 Å². The predicted octanol–water partition coefficient (Wildman–Crippen LogP) is 0.188. The third kappa shape index (κ3) is 1.69. The number of rotatable bonds is 0. The lowest BCUT2D eigenvalue weighted by Crippen LogP contribution is -2.25. The van der Waals surface area contributed by atoms with Crippen LogP contribution in [0.4, 0.5) is 13.2 Å². The molecule has 62 valence electrons. The van der Waals surface area contributed by atoms with E-state index in [1.165, 1.54) is 0 Å². The Hall–Kier alpha value is -1.20. The second-order valence-electron chi connectivity index (χ2n) is 2.17. The summed E-state index contributed by atoms with van der Waals surface area (Å²) in [5.74, 6) is 0. The normalized spacial score (nSPS) is 11.6. The van der Waals surface area contributed by atoms with E-state index in [1.54, 1.807) is 0 Å². The number of halogens is 3. The van der Waals surface area contributed by atoms with Crippen molar-refractivity contribution in [2.75, 3.05) is 0 Å². The van der Waals surface area contributed by atoms with E-state index in [2.05, 4.69) is 0 Å². The fourth-order valence-electron chi connectivity index (χ4n) is 0.711. The van der Waals surface area contributed by atoms with Gasteiger partial charge in [0.1, 0.15) is 13.4 Å². The summed E-state index contributed by atoms with van der Waals surface area (Å²) >= 11 is 0. The Bertz CT molecular complexity index is 343. The summed E-state index contributed by atoms with van der Waals surface area (Å²) in [6.07, 6.45) is -3.64. The summed E-state index contributed by atoms with van der Waals surface area (Å²) in [5, 5.41) is 0. The Morgan fingerprint density at radius 2 is 2.00 bits per heavy atom. The molecule has 0 amide bonds. The van der Waals surface area contributed by atoms with Crippen molar-refractivity contribution >= 4 is 13.3 Å². The number of hydrogen-bond donors (Lipinski definition) is 1. The molecule has 0 atom stereocenters. The number of H-pyrrole nitrogens is 1. The largest absolute Gasteiger partial charge is 0.421 e. The summed E-state index contributed by atoms with van der Waals surface area (Å²) < 4.78 is 35.9. The highest BCUT2D eigenvalue weighted by Crippen LogP contribution is 2.25. The standard InChI is InChI=1S/C6H3BF3NO/c7-3-1-4(6(8,9)10)5(12)11-2-3/h1-2H,(H,11,12). The van der Waals surface area contributed by atoms with Crippen molar-refractivity contribution < 1.29 is 13.2 Å². The Balaban J connectivity index is 3.33. The molecule has 2 radical (unpaired) electrons. The maximum absolute atomic E-state index is 12.0. The van der Waals surface area contributed by atoms with E-state index < -0.39 is 17.3 Å². The summed E-state index contributed by atoms with van der Waals surface area (Å²) in [4.78, 5) is 12.5. The third-order valence-electron chi connectivity index (χ3n) is 1.23. The first-order valence-electron chi connectivity index (χ1n) is 2.96. The third-order valence-corrected chi connectivity index (χ3v) is 1.23. The van der Waals surface area contributed by atoms with Gasteiger partial charge in [-0.2, -0.15) is 13.2 Å². The van der Waals surface area contributed by atoms with Gasteiger partial charge in [-0.05, 0) is 6.20 Å². The first-order chi connectivity index (χ1) is 5.41. The van der Waals surface area contributed by atoms with Gasteiger partial charge in [0.25, 0.3) is 5.56 Å². The zero-order valence-corrected chi connectivity index (χ0v) is 5.77. The first kappa shape index (κ1) is 8.90. The minimum Gasteiger partial charge on any atom is -0.329 e. The van der Waals surface area contributed by atoms with Crippen LogP contribution < -0.4 is 11.0 Å². The van der Waals surface area contributed by atoms with Gasteiger partial charge in [0.05, 0.1) is 0 Å². The van der Waals surface area contributed by atoms with E-state index in [1.807, 2.05) is 4.98 Å². The van der Waals surface area contributed by atoms with Gasteiger partial charge in [-0.1, -0.05) is 11.5 Å². The maximum atomic E-state index is 12.0. The molecule has 1 aromatic rings. The van der Waals surface area contributed by atoms with Crippen LogP contribution in [-0.2, 0) is 6.18 Å².